The Bertz CT molecular complexity index is 793. The quantitative estimate of drug-likeness (QED) is 0.711. The molecule has 0 spiro atoms. The van der Waals surface area contributed by atoms with Crippen LogP contribution in [0.4, 0.5) is 8.78 Å². The van der Waals surface area contributed by atoms with Crippen LogP contribution in [0.1, 0.15) is 16.1 Å². The molecule has 0 fully saturated rings. The molecule has 0 aliphatic heterocycles. The molecule has 1 aromatic heterocycles. The van der Waals surface area contributed by atoms with Gasteiger partial charge < -0.3 is 14.4 Å². The third-order valence-corrected chi connectivity index (χ3v) is 3.51. The van der Waals surface area contributed by atoms with Crippen molar-refractivity contribution in [2.24, 2.45) is 0 Å². The van der Waals surface area contributed by atoms with Gasteiger partial charge in [-0.25, -0.2) is 4.68 Å². The van der Waals surface area contributed by atoms with Gasteiger partial charge in [-0.3, -0.25) is 9.59 Å². The van der Waals surface area contributed by atoms with E-state index in [2.05, 4.69) is 9.84 Å². The van der Waals surface area contributed by atoms with Gasteiger partial charge >= 0.3 is 6.61 Å². The summed E-state index contributed by atoms with van der Waals surface area (Å²) in [5.41, 5.74) is 0.534. The molecule has 0 bridgehead atoms. The van der Waals surface area contributed by atoms with Crippen molar-refractivity contribution in [1.29, 1.82) is 0 Å². The Morgan fingerprint density at radius 1 is 1.23 bits per heavy atom. The van der Waals surface area contributed by atoms with E-state index in [1.165, 1.54) is 41.0 Å². The van der Waals surface area contributed by atoms with Crippen LogP contribution in [0.25, 0.3) is 0 Å². The minimum absolute atomic E-state index is 0.0459. The molecule has 0 radical (unpaired) electrons. The molecule has 1 aromatic carbocycles. The zero-order chi connectivity index (χ0) is 19.1. The molecular formula is C17H19F2N3O4. The van der Waals surface area contributed by atoms with Crippen LogP contribution in [-0.4, -0.2) is 48.0 Å². The topological polar surface area (TPSA) is 73.7 Å². The van der Waals surface area contributed by atoms with Crippen LogP contribution in [0.2, 0.25) is 0 Å². The van der Waals surface area contributed by atoms with Crippen molar-refractivity contribution < 1.29 is 23.0 Å². The molecule has 140 valence electrons. The number of carbonyl (C=O) groups excluding carboxylic acids is 1. The van der Waals surface area contributed by atoms with Crippen molar-refractivity contribution in [2.75, 3.05) is 20.8 Å². The fourth-order valence-electron chi connectivity index (χ4n) is 2.22. The first kappa shape index (κ1) is 19.5. The number of rotatable bonds is 8. The average molecular weight is 367 g/mol. The van der Waals surface area contributed by atoms with Gasteiger partial charge in [-0.2, -0.15) is 13.9 Å². The zero-order valence-corrected chi connectivity index (χ0v) is 14.4. The second-order valence-corrected chi connectivity index (χ2v) is 5.46. The lowest BCUT2D eigenvalue weighted by molar-refractivity contribution is -0.0498. The number of methoxy groups -OCH3 is 1. The van der Waals surface area contributed by atoms with Gasteiger partial charge in [0.2, 0.25) is 0 Å². The van der Waals surface area contributed by atoms with E-state index >= 15 is 0 Å². The smallest absolute Gasteiger partial charge is 0.387 e. The number of hydrogen-bond donors (Lipinski definition) is 0. The Morgan fingerprint density at radius 3 is 2.54 bits per heavy atom. The maximum absolute atomic E-state index is 12.5. The van der Waals surface area contributed by atoms with Crippen molar-refractivity contribution in [3.63, 3.8) is 0 Å². The highest BCUT2D eigenvalue weighted by molar-refractivity contribution is 5.91. The average Bonchev–Trinajstić information content (AvgIpc) is 2.61. The van der Waals surface area contributed by atoms with Gasteiger partial charge in [-0.1, -0.05) is 12.1 Å². The number of alkyl halides is 2. The maximum Gasteiger partial charge on any atom is 0.387 e. The summed E-state index contributed by atoms with van der Waals surface area (Å²) in [6, 6.07) is 8.64. The summed E-state index contributed by atoms with van der Waals surface area (Å²) in [5, 5.41) is 4.05. The van der Waals surface area contributed by atoms with E-state index in [1.807, 2.05) is 0 Å². The van der Waals surface area contributed by atoms with Crippen molar-refractivity contribution in [3.8, 4) is 5.75 Å². The second-order valence-electron chi connectivity index (χ2n) is 5.46. The summed E-state index contributed by atoms with van der Waals surface area (Å²) >= 11 is 0. The first-order valence-corrected chi connectivity index (χ1v) is 7.77. The van der Waals surface area contributed by atoms with Crippen molar-refractivity contribution in [1.82, 2.24) is 14.7 Å². The summed E-state index contributed by atoms with van der Waals surface area (Å²) < 4.78 is 34.7. The summed E-state index contributed by atoms with van der Waals surface area (Å²) in [7, 11) is 3.09. The second kappa shape index (κ2) is 9.04. The van der Waals surface area contributed by atoms with Crippen LogP contribution in [0.3, 0.4) is 0 Å². The van der Waals surface area contributed by atoms with Gasteiger partial charge in [-0.15, -0.1) is 0 Å². The zero-order valence-electron chi connectivity index (χ0n) is 14.4. The fraction of sp³-hybridized carbons (Fsp3) is 0.353. The minimum atomic E-state index is -2.88. The van der Waals surface area contributed by atoms with Crippen LogP contribution in [0.15, 0.2) is 41.2 Å². The first-order chi connectivity index (χ1) is 12.4. The number of ether oxygens (including phenoxy) is 2. The molecule has 0 atom stereocenters. The monoisotopic (exact) mass is 367 g/mol. The fourth-order valence-corrected chi connectivity index (χ4v) is 2.22. The SMILES string of the molecule is COCCn1nc(C(=O)N(C)Cc2ccc(OC(F)F)cc2)ccc1=O. The third-order valence-electron chi connectivity index (χ3n) is 3.51. The molecule has 0 saturated carbocycles. The van der Waals surface area contributed by atoms with Gasteiger partial charge in [0, 0.05) is 26.8 Å². The largest absolute Gasteiger partial charge is 0.435 e. The van der Waals surface area contributed by atoms with Crippen molar-refractivity contribution in [3.05, 3.63) is 58.0 Å². The predicted octanol–water partition coefficient (Wildman–Crippen LogP) is 1.76. The summed E-state index contributed by atoms with van der Waals surface area (Å²) in [6.45, 7) is -2.10. The number of carbonyl (C=O) groups is 1. The molecule has 1 heterocycles. The third kappa shape index (κ3) is 5.35. The molecule has 2 rings (SSSR count). The van der Waals surface area contributed by atoms with Gasteiger partial charge in [-0.05, 0) is 23.8 Å². The molecule has 0 saturated heterocycles. The summed E-state index contributed by atoms with van der Waals surface area (Å²) in [4.78, 5) is 25.6. The predicted molar refractivity (Wildman–Crippen MR) is 89.2 cm³/mol. The number of hydrogen-bond acceptors (Lipinski definition) is 5. The molecule has 9 heteroatoms. The Labute approximate surface area is 148 Å². The van der Waals surface area contributed by atoms with E-state index in [-0.39, 0.29) is 36.0 Å². The van der Waals surface area contributed by atoms with Crippen LogP contribution in [-0.2, 0) is 17.8 Å². The number of amides is 1. The van der Waals surface area contributed by atoms with Crippen LogP contribution < -0.4 is 10.3 Å². The highest BCUT2D eigenvalue weighted by Gasteiger charge is 2.15. The molecule has 7 nitrogen and oxygen atoms in total. The van der Waals surface area contributed by atoms with E-state index in [0.29, 0.717) is 6.61 Å². The lowest BCUT2D eigenvalue weighted by Gasteiger charge is -2.17. The van der Waals surface area contributed by atoms with Gasteiger partial charge in [0.15, 0.2) is 0 Å². The molecule has 0 aliphatic rings. The molecule has 2 aromatic rings. The molecule has 0 aliphatic carbocycles. The van der Waals surface area contributed by atoms with Gasteiger partial charge in [0.25, 0.3) is 11.5 Å². The van der Waals surface area contributed by atoms with Gasteiger partial charge in [0.1, 0.15) is 11.4 Å². The Hall–Kier alpha value is -2.81. The highest BCUT2D eigenvalue weighted by atomic mass is 19.3. The Morgan fingerprint density at radius 2 is 1.92 bits per heavy atom. The standard InChI is InChI=1S/C17H19F2N3O4/c1-21(11-12-3-5-13(6-4-12)26-17(18)19)16(24)14-7-8-15(23)22(20-14)9-10-25-2/h3-8,17H,9-11H2,1-2H3. The Balaban J connectivity index is 2.06. The first-order valence-electron chi connectivity index (χ1n) is 7.77. The molecule has 0 N–H and O–H groups in total. The molecular weight excluding hydrogens is 348 g/mol. The van der Waals surface area contributed by atoms with E-state index < -0.39 is 6.61 Å². The van der Waals surface area contributed by atoms with E-state index in [4.69, 9.17) is 4.74 Å². The number of benzene rings is 1. The number of aromatic nitrogens is 2. The number of nitrogens with zero attached hydrogens (tertiary/aromatic N) is 3. The van der Waals surface area contributed by atoms with Crippen molar-refractivity contribution in [2.45, 2.75) is 19.7 Å². The molecule has 1 amide bonds. The molecule has 26 heavy (non-hydrogen) atoms. The summed E-state index contributed by atoms with van der Waals surface area (Å²) in [5.74, 6) is -0.325. The normalized spacial score (nSPS) is 10.8. The summed E-state index contributed by atoms with van der Waals surface area (Å²) in [6.07, 6.45) is 0. The van der Waals surface area contributed by atoms with Crippen LogP contribution in [0, 0.1) is 0 Å². The van der Waals surface area contributed by atoms with Crippen LogP contribution in [0.5, 0.6) is 5.75 Å². The van der Waals surface area contributed by atoms with Crippen molar-refractivity contribution >= 4 is 5.91 Å². The van der Waals surface area contributed by atoms with Gasteiger partial charge in [0.05, 0.1) is 13.2 Å². The Kier molecular flexibility index (Phi) is 6.79. The van der Waals surface area contributed by atoms with E-state index in [9.17, 15) is 18.4 Å². The lowest BCUT2D eigenvalue weighted by atomic mass is 10.2. The number of halogens is 2. The molecule has 0 unspecified atom stereocenters. The van der Waals surface area contributed by atoms with Crippen LogP contribution >= 0.6 is 0 Å². The minimum Gasteiger partial charge on any atom is -0.435 e. The van der Waals surface area contributed by atoms with E-state index in [1.54, 1.807) is 19.2 Å². The lowest BCUT2D eigenvalue weighted by Crippen LogP contribution is -2.31. The van der Waals surface area contributed by atoms with E-state index in [0.717, 1.165) is 5.56 Å². The highest BCUT2D eigenvalue weighted by Crippen LogP contribution is 2.16. The maximum atomic E-state index is 12.5.